The maximum Gasteiger partial charge on any atom is 0.320 e. The summed E-state index contributed by atoms with van der Waals surface area (Å²) in [5.41, 5.74) is 3.87. The van der Waals surface area contributed by atoms with E-state index in [-0.39, 0.29) is 30.4 Å². The van der Waals surface area contributed by atoms with Crippen molar-refractivity contribution in [2.75, 3.05) is 23.4 Å². The van der Waals surface area contributed by atoms with Gasteiger partial charge >= 0.3 is 5.97 Å². The Morgan fingerprint density at radius 1 is 1.24 bits per heavy atom. The van der Waals surface area contributed by atoms with Crippen molar-refractivity contribution in [3.05, 3.63) is 64.5 Å². The molecule has 2 aliphatic heterocycles. The summed E-state index contributed by atoms with van der Waals surface area (Å²) in [6.07, 6.45) is 0.530. The Kier molecular flexibility index (Phi) is 6.72. The van der Waals surface area contributed by atoms with E-state index < -0.39 is 27.7 Å². The third-order valence-electron chi connectivity index (χ3n) is 6.00. The van der Waals surface area contributed by atoms with E-state index in [9.17, 15) is 27.5 Å². The van der Waals surface area contributed by atoms with Crippen molar-refractivity contribution in [3.63, 3.8) is 0 Å². The average molecular weight is 489 g/mol. The number of anilines is 1. The van der Waals surface area contributed by atoms with Gasteiger partial charge in [0.15, 0.2) is 0 Å². The summed E-state index contributed by atoms with van der Waals surface area (Å²) >= 11 is 0. The Bertz CT molecular complexity index is 1290. The molecule has 8 nitrogen and oxygen atoms in total. The summed E-state index contributed by atoms with van der Waals surface area (Å²) < 4.78 is 43.0. The second-order valence-corrected chi connectivity index (χ2v) is 10.7. The summed E-state index contributed by atoms with van der Waals surface area (Å²) in [6, 6.07) is 8.80. The molecule has 34 heavy (non-hydrogen) atoms. The van der Waals surface area contributed by atoms with Crippen LogP contribution >= 0.6 is 0 Å². The lowest BCUT2D eigenvalue weighted by molar-refractivity contribution is -0.139. The van der Waals surface area contributed by atoms with Crippen LogP contribution in [0.1, 0.15) is 35.6 Å². The van der Waals surface area contributed by atoms with Crippen molar-refractivity contribution in [2.45, 2.75) is 32.4 Å². The molecule has 0 aliphatic carbocycles. The fourth-order valence-corrected chi connectivity index (χ4v) is 4.97. The first kappa shape index (κ1) is 23.9. The lowest BCUT2D eigenvalue weighted by Crippen LogP contribution is -2.39. The minimum atomic E-state index is -3.24. The lowest BCUT2D eigenvalue weighted by Gasteiger charge is -2.14. The van der Waals surface area contributed by atoms with Gasteiger partial charge in [0.1, 0.15) is 34.1 Å². The van der Waals surface area contributed by atoms with Crippen molar-refractivity contribution < 1.29 is 32.2 Å². The number of halogens is 1. The molecule has 0 fully saturated rings. The molecule has 0 aromatic heterocycles. The van der Waals surface area contributed by atoms with Gasteiger partial charge in [-0.2, -0.15) is 0 Å². The number of carboxylic acid groups (broad SMARTS) is 1. The number of fused-ring (bicyclic) bond motifs is 2. The number of carboxylic acids is 1. The molecule has 1 unspecified atom stereocenters. The molecule has 2 aliphatic rings. The van der Waals surface area contributed by atoms with Crippen molar-refractivity contribution in [2.24, 2.45) is 0 Å². The minimum Gasteiger partial charge on any atom is -0.487 e. The molecule has 180 valence electrons. The van der Waals surface area contributed by atoms with Crippen LogP contribution in [0, 0.1) is 5.82 Å². The number of hydrogen-bond acceptors (Lipinski definition) is 6. The molecule has 0 saturated heterocycles. The summed E-state index contributed by atoms with van der Waals surface area (Å²) in [4.78, 5) is 24.0. The molecule has 0 spiro atoms. The van der Waals surface area contributed by atoms with E-state index in [2.05, 4.69) is 10.6 Å². The molecule has 0 saturated carbocycles. The zero-order chi connectivity index (χ0) is 24.5. The molecule has 2 aromatic rings. The number of hydrogen-bond donors (Lipinski definition) is 3. The molecule has 2 aromatic carbocycles. The largest absolute Gasteiger partial charge is 0.487 e. The van der Waals surface area contributed by atoms with Crippen LogP contribution in [0.25, 0.3) is 11.3 Å². The number of ether oxygens (including phenoxy) is 1. The molecule has 4 rings (SSSR count). The first-order valence-electron chi connectivity index (χ1n) is 11.0. The van der Waals surface area contributed by atoms with Gasteiger partial charge in [0.25, 0.3) is 5.91 Å². The fourth-order valence-electron chi connectivity index (χ4n) is 4.09. The lowest BCUT2D eigenvalue weighted by atomic mass is 9.98. The second-order valence-electron chi connectivity index (χ2n) is 8.25. The van der Waals surface area contributed by atoms with E-state index >= 15 is 0 Å². The molecular weight excluding hydrogens is 463 g/mol. The Balaban J connectivity index is 1.46. The maximum atomic E-state index is 13.8. The average Bonchev–Trinajstić information content (AvgIpc) is 3.34. The van der Waals surface area contributed by atoms with Crippen LogP contribution < -0.4 is 10.6 Å². The predicted molar refractivity (Wildman–Crippen MR) is 125 cm³/mol. The van der Waals surface area contributed by atoms with E-state index in [4.69, 9.17) is 4.74 Å². The highest BCUT2D eigenvalue weighted by Crippen LogP contribution is 2.41. The fraction of sp³-hybridized carbons (Fsp3) is 0.333. The standard InChI is InChI=1S/C24H25FN2O6S/c1-2-34(31,32)10-8-20(24(29)30)26-9-7-14-3-5-17-15(11-14)13-33-22(17)21-18-12-16(25)4-6-19(18)27-23(21)28/h3-6,11-12,20,26H,2,7-10,13H2,1H3,(H,27,28)(H,29,30). The summed E-state index contributed by atoms with van der Waals surface area (Å²) in [5.74, 6) is -1.66. The van der Waals surface area contributed by atoms with E-state index in [0.29, 0.717) is 35.5 Å². The van der Waals surface area contributed by atoms with Gasteiger partial charge in [-0.15, -0.1) is 0 Å². The Labute approximate surface area is 196 Å². The highest BCUT2D eigenvalue weighted by atomic mass is 32.2. The molecule has 0 radical (unpaired) electrons. The molecule has 1 atom stereocenters. The SMILES string of the molecule is CCS(=O)(=O)CCC(NCCc1ccc2c(c1)COC2=C1C(=O)Nc2ccc(F)cc21)C(=O)O. The van der Waals surface area contributed by atoms with Crippen LogP contribution in [0.15, 0.2) is 36.4 Å². The van der Waals surface area contributed by atoms with Gasteiger partial charge in [0, 0.05) is 28.1 Å². The molecule has 1 amide bonds. The van der Waals surface area contributed by atoms with Gasteiger partial charge in [-0.05, 0) is 43.1 Å². The first-order chi connectivity index (χ1) is 16.2. The van der Waals surface area contributed by atoms with E-state index in [1.54, 1.807) is 0 Å². The quantitative estimate of drug-likeness (QED) is 0.464. The number of benzene rings is 2. The van der Waals surface area contributed by atoms with E-state index in [1.807, 2.05) is 18.2 Å². The number of carbonyl (C=O) groups is 2. The molecule has 0 bridgehead atoms. The van der Waals surface area contributed by atoms with Crippen molar-refractivity contribution in [1.29, 1.82) is 0 Å². The van der Waals surface area contributed by atoms with Crippen LogP contribution in [0.5, 0.6) is 0 Å². The normalized spacial score (nSPS) is 17.6. The summed E-state index contributed by atoms with van der Waals surface area (Å²) in [7, 11) is -3.24. The topological polar surface area (TPSA) is 122 Å². The van der Waals surface area contributed by atoms with Crippen molar-refractivity contribution in [3.8, 4) is 0 Å². The van der Waals surface area contributed by atoms with Crippen LogP contribution in [0.2, 0.25) is 0 Å². The Morgan fingerprint density at radius 3 is 2.76 bits per heavy atom. The highest BCUT2D eigenvalue weighted by Gasteiger charge is 2.32. The zero-order valence-electron chi connectivity index (χ0n) is 18.6. The van der Waals surface area contributed by atoms with Gasteiger partial charge < -0.3 is 20.5 Å². The van der Waals surface area contributed by atoms with Crippen LogP contribution in [-0.4, -0.2) is 49.5 Å². The Hall–Kier alpha value is -3.24. The van der Waals surface area contributed by atoms with Crippen LogP contribution in [0.4, 0.5) is 10.1 Å². The molecule has 2 heterocycles. The molecule has 3 N–H and O–H groups in total. The monoisotopic (exact) mass is 488 g/mol. The number of amides is 1. The van der Waals surface area contributed by atoms with Gasteiger partial charge in [0.2, 0.25) is 0 Å². The first-order valence-corrected chi connectivity index (χ1v) is 12.8. The summed E-state index contributed by atoms with van der Waals surface area (Å²) in [6.45, 7) is 2.15. The Morgan fingerprint density at radius 2 is 2.03 bits per heavy atom. The van der Waals surface area contributed by atoms with Gasteiger partial charge in [-0.1, -0.05) is 25.1 Å². The maximum absolute atomic E-state index is 13.8. The predicted octanol–water partition coefficient (Wildman–Crippen LogP) is 2.59. The minimum absolute atomic E-state index is 0.00456. The number of carbonyl (C=O) groups excluding carboxylic acids is 1. The highest BCUT2D eigenvalue weighted by molar-refractivity contribution is 7.91. The molecule has 10 heteroatoms. The van der Waals surface area contributed by atoms with E-state index in [0.717, 1.165) is 16.7 Å². The summed E-state index contributed by atoms with van der Waals surface area (Å²) in [5, 5.41) is 15.0. The van der Waals surface area contributed by atoms with Gasteiger partial charge in [-0.25, -0.2) is 12.8 Å². The van der Waals surface area contributed by atoms with Crippen molar-refractivity contribution >= 4 is 38.7 Å². The van der Waals surface area contributed by atoms with Gasteiger partial charge in [0.05, 0.1) is 11.3 Å². The van der Waals surface area contributed by atoms with Crippen LogP contribution in [-0.2, 0) is 37.2 Å². The smallest absolute Gasteiger partial charge is 0.320 e. The van der Waals surface area contributed by atoms with E-state index in [1.165, 1.54) is 25.1 Å². The van der Waals surface area contributed by atoms with Crippen LogP contribution in [0.3, 0.4) is 0 Å². The van der Waals surface area contributed by atoms with Gasteiger partial charge in [-0.3, -0.25) is 9.59 Å². The number of sulfone groups is 1. The number of nitrogens with one attached hydrogen (secondary N) is 2. The third kappa shape index (κ3) is 4.97. The second kappa shape index (κ2) is 9.55. The zero-order valence-corrected chi connectivity index (χ0v) is 19.4. The number of aliphatic carboxylic acids is 1. The number of rotatable bonds is 9. The third-order valence-corrected chi connectivity index (χ3v) is 7.74. The van der Waals surface area contributed by atoms with Crippen molar-refractivity contribution in [1.82, 2.24) is 5.32 Å². The molecular formula is C24H25FN2O6S.